The van der Waals surface area contributed by atoms with Crippen LogP contribution in [-0.4, -0.2) is 21.6 Å². The summed E-state index contributed by atoms with van der Waals surface area (Å²) < 4.78 is 0.630. The Hall–Kier alpha value is -0.0926. The molecule has 1 aliphatic heterocycles. The van der Waals surface area contributed by atoms with E-state index in [9.17, 15) is 0 Å². The summed E-state index contributed by atoms with van der Waals surface area (Å²) in [4.78, 5) is 1.41. The number of thioether (sulfide) groups is 1. The van der Waals surface area contributed by atoms with Crippen LogP contribution in [0.15, 0.2) is 35.2 Å². The second kappa shape index (κ2) is 3.11. The fourth-order valence-electron chi connectivity index (χ4n) is 1.20. The van der Waals surface area contributed by atoms with Crippen LogP contribution in [-0.2, 0) is 0 Å². The molecule has 50 valence electrons. The second-order valence-electron chi connectivity index (χ2n) is 2.72. The molecule has 0 N–H and O–H groups in total. The molecule has 0 bridgehead atoms. The van der Waals surface area contributed by atoms with Gasteiger partial charge in [-0.05, 0) is 0 Å². The second-order valence-corrected chi connectivity index (χ2v) is 4.14. The number of fused-ring (bicyclic) bond motifs is 1. The molecule has 0 aromatic heterocycles. The molecule has 1 unspecified atom stereocenters. The van der Waals surface area contributed by atoms with Gasteiger partial charge in [-0.1, -0.05) is 0 Å². The molecule has 1 atom stereocenters. The van der Waals surface area contributed by atoms with E-state index < -0.39 is 0 Å². The molecule has 1 heterocycles. The van der Waals surface area contributed by atoms with Crippen LogP contribution < -0.4 is 0 Å². The average Bonchev–Trinajstić information content (AvgIpc) is 2.04. The first kappa shape index (κ1) is 7.55. The van der Waals surface area contributed by atoms with Gasteiger partial charge in [0.25, 0.3) is 0 Å². The van der Waals surface area contributed by atoms with Crippen LogP contribution >= 0.6 is 11.8 Å². The summed E-state index contributed by atoms with van der Waals surface area (Å²) in [6.45, 7) is 0. The predicted molar refractivity (Wildman–Crippen MR) is 50.9 cm³/mol. The zero-order valence-corrected chi connectivity index (χ0v) is 7.27. The SMILES string of the molecule is [Li][CH]1C=Cc2ccccc2S1. The molecule has 1 aliphatic rings. The Labute approximate surface area is 80.3 Å². The predicted octanol–water partition coefficient (Wildman–Crippen LogP) is 2.30. The normalized spacial score (nSPS) is 21.5. The van der Waals surface area contributed by atoms with Gasteiger partial charge in [-0.2, -0.15) is 0 Å². The fraction of sp³-hybridized carbons (Fsp3) is 0.111. The zero-order valence-electron chi connectivity index (χ0n) is 6.45. The summed E-state index contributed by atoms with van der Waals surface area (Å²) in [6.07, 6.45) is 4.45. The Morgan fingerprint density at radius 2 is 2.09 bits per heavy atom. The van der Waals surface area contributed by atoms with E-state index >= 15 is 0 Å². The molecular weight excluding hydrogens is 147 g/mol. The Kier molecular flexibility index (Phi) is 2.13. The van der Waals surface area contributed by atoms with Gasteiger partial charge in [0.1, 0.15) is 0 Å². The third-order valence-electron chi connectivity index (χ3n) is 1.78. The van der Waals surface area contributed by atoms with Crippen molar-refractivity contribution < 1.29 is 0 Å². The Balaban J connectivity index is 2.46. The maximum absolute atomic E-state index is 2.24. The summed E-state index contributed by atoms with van der Waals surface area (Å²) >= 11 is 4.14. The molecule has 0 nitrogen and oxygen atoms in total. The van der Waals surface area contributed by atoms with Crippen LogP contribution in [0.5, 0.6) is 0 Å². The Morgan fingerprint density at radius 3 is 3.00 bits per heavy atom. The van der Waals surface area contributed by atoms with Crippen molar-refractivity contribution in [3.8, 4) is 0 Å². The standard InChI is InChI=1S/C9H7S.Li/c1-2-6-9-8(4-1)5-3-7-10-9;/h1-7H;. The third kappa shape index (κ3) is 1.56. The maximum atomic E-state index is 2.24. The summed E-state index contributed by atoms with van der Waals surface area (Å²) in [5.41, 5.74) is 1.36. The molecule has 0 spiro atoms. The molecular formula is C9H7LiS. The summed E-state index contributed by atoms with van der Waals surface area (Å²) in [7, 11) is 0. The number of rotatable bonds is 0. The fourth-order valence-corrected chi connectivity index (χ4v) is 2.19. The van der Waals surface area contributed by atoms with Gasteiger partial charge < -0.3 is 0 Å². The average molecular weight is 154 g/mol. The van der Waals surface area contributed by atoms with Crippen LogP contribution in [0.1, 0.15) is 5.56 Å². The van der Waals surface area contributed by atoms with Crippen molar-refractivity contribution in [3.63, 3.8) is 0 Å². The van der Waals surface area contributed by atoms with Gasteiger partial charge in [0.2, 0.25) is 0 Å². The summed E-state index contributed by atoms with van der Waals surface area (Å²) in [5.74, 6) is 0. The third-order valence-corrected chi connectivity index (χ3v) is 2.93. The first-order valence-corrected chi connectivity index (χ1v) is 4.68. The van der Waals surface area contributed by atoms with E-state index in [-0.39, 0.29) is 0 Å². The minimum atomic E-state index is 0.630. The van der Waals surface area contributed by atoms with E-state index in [2.05, 4.69) is 54.1 Å². The number of benzene rings is 1. The quantitative estimate of drug-likeness (QED) is 0.517. The molecule has 2 heteroatoms. The van der Waals surface area contributed by atoms with E-state index in [0.29, 0.717) is 3.92 Å². The van der Waals surface area contributed by atoms with Gasteiger partial charge in [0, 0.05) is 0 Å². The van der Waals surface area contributed by atoms with Gasteiger partial charge in [-0.3, -0.25) is 0 Å². The molecule has 11 heavy (non-hydrogen) atoms. The van der Waals surface area contributed by atoms with Gasteiger partial charge in [-0.25, -0.2) is 0 Å². The zero-order chi connectivity index (χ0) is 7.68. The molecule has 0 radical (unpaired) electrons. The molecule has 0 saturated carbocycles. The van der Waals surface area contributed by atoms with Crippen molar-refractivity contribution in [3.05, 3.63) is 35.9 Å². The molecule has 1 aromatic rings. The van der Waals surface area contributed by atoms with Gasteiger partial charge in [0.05, 0.1) is 0 Å². The molecule has 0 fully saturated rings. The Morgan fingerprint density at radius 1 is 1.27 bits per heavy atom. The van der Waals surface area contributed by atoms with E-state index in [1.165, 1.54) is 10.5 Å². The minimum absolute atomic E-state index is 0.630. The van der Waals surface area contributed by atoms with Crippen LogP contribution in [0, 0.1) is 0 Å². The molecule has 0 aliphatic carbocycles. The van der Waals surface area contributed by atoms with E-state index in [0.717, 1.165) is 0 Å². The van der Waals surface area contributed by atoms with Gasteiger partial charge in [0.15, 0.2) is 0 Å². The van der Waals surface area contributed by atoms with E-state index in [1.54, 1.807) is 0 Å². The number of hydrogen-bond acceptors (Lipinski definition) is 1. The van der Waals surface area contributed by atoms with Crippen LogP contribution in [0.2, 0.25) is 0 Å². The van der Waals surface area contributed by atoms with E-state index in [1.807, 2.05) is 11.8 Å². The van der Waals surface area contributed by atoms with Crippen molar-refractivity contribution in [2.24, 2.45) is 0 Å². The van der Waals surface area contributed by atoms with Crippen LogP contribution in [0.25, 0.3) is 6.08 Å². The Bertz CT molecular complexity index is 293. The first-order valence-electron chi connectivity index (χ1n) is 3.80. The van der Waals surface area contributed by atoms with Crippen molar-refractivity contribution in [1.82, 2.24) is 0 Å². The topological polar surface area (TPSA) is 0 Å². The number of hydrogen-bond donors (Lipinski definition) is 0. The summed E-state index contributed by atoms with van der Waals surface area (Å²) in [5, 5.41) is 0. The van der Waals surface area contributed by atoms with Crippen molar-refractivity contribution in [2.75, 3.05) is 0 Å². The van der Waals surface area contributed by atoms with Crippen LogP contribution in [0.3, 0.4) is 0 Å². The van der Waals surface area contributed by atoms with Crippen molar-refractivity contribution in [1.29, 1.82) is 0 Å². The molecule has 1 aromatic carbocycles. The van der Waals surface area contributed by atoms with Crippen molar-refractivity contribution >= 4 is 35.6 Å². The van der Waals surface area contributed by atoms with Crippen molar-refractivity contribution in [2.45, 2.75) is 8.82 Å². The first-order chi connectivity index (χ1) is 5.36. The molecule has 0 amide bonds. The monoisotopic (exact) mass is 154 g/mol. The summed E-state index contributed by atoms with van der Waals surface area (Å²) in [6, 6.07) is 8.52. The van der Waals surface area contributed by atoms with E-state index in [4.69, 9.17) is 0 Å². The van der Waals surface area contributed by atoms with Gasteiger partial charge >= 0.3 is 80.3 Å². The molecule has 0 saturated heterocycles. The van der Waals surface area contributed by atoms with Gasteiger partial charge in [-0.15, -0.1) is 0 Å². The van der Waals surface area contributed by atoms with Crippen LogP contribution in [0.4, 0.5) is 0 Å². The molecule has 2 rings (SSSR count).